The predicted octanol–water partition coefficient (Wildman–Crippen LogP) is 4.86. The highest BCUT2D eigenvalue weighted by Gasteiger charge is 2.42. The molecule has 4 rings (SSSR count). The summed E-state index contributed by atoms with van der Waals surface area (Å²) in [6, 6.07) is 16.7. The predicted molar refractivity (Wildman–Crippen MR) is 128 cm³/mol. The molecule has 176 valence electrons. The molecule has 2 aromatic carbocycles. The van der Waals surface area contributed by atoms with E-state index in [0.29, 0.717) is 42.5 Å². The molecule has 0 radical (unpaired) electrons. The van der Waals surface area contributed by atoms with E-state index in [1.807, 2.05) is 42.5 Å². The molecule has 1 saturated heterocycles. The van der Waals surface area contributed by atoms with Gasteiger partial charge in [0, 0.05) is 29.5 Å². The Morgan fingerprint density at radius 1 is 1.06 bits per heavy atom. The maximum absolute atomic E-state index is 13.5. The molecule has 0 aliphatic carbocycles. The van der Waals surface area contributed by atoms with Crippen molar-refractivity contribution < 1.29 is 24.2 Å². The number of halogens is 1. The molecule has 8 heteroatoms. The number of likely N-dealkylation sites (tertiary alicyclic amines) is 1. The third kappa shape index (κ3) is 4.90. The van der Waals surface area contributed by atoms with Crippen molar-refractivity contribution >= 4 is 23.5 Å². The van der Waals surface area contributed by atoms with Gasteiger partial charge in [-0.2, -0.15) is 0 Å². The number of carbonyl (C=O) groups is 2. The molecule has 0 saturated carbocycles. The lowest BCUT2D eigenvalue weighted by Crippen LogP contribution is -2.41. The fourth-order valence-corrected chi connectivity index (χ4v) is 4.54. The number of methoxy groups -OCH3 is 1. The fourth-order valence-electron chi connectivity index (χ4n) is 4.28. The van der Waals surface area contributed by atoms with Crippen molar-refractivity contribution in [3.8, 4) is 17.0 Å². The van der Waals surface area contributed by atoms with Crippen LogP contribution in [0.15, 0.2) is 66.9 Å². The lowest BCUT2D eigenvalue weighted by atomic mass is 10.0. The summed E-state index contributed by atoms with van der Waals surface area (Å²) in [6.07, 6.45) is 2.55. The Balaban J connectivity index is 1.61. The molecule has 1 N–H and O–H groups in total. The van der Waals surface area contributed by atoms with Gasteiger partial charge in [-0.1, -0.05) is 41.9 Å². The number of carbonyl (C=O) groups excluding carboxylic acids is 1. The van der Waals surface area contributed by atoms with Crippen LogP contribution in [0.4, 0.5) is 0 Å². The second-order valence-electron chi connectivity index (χ2n) is 7.96. The topological polar surface area (TPSA) is 89.0 Å². The minimum Gasteiger partial charge on any atom is -0.480 e. The van der Waals surface area contributed by atoms with Crippen LogP contribution in [-0.2, 0) is 9.53 Å². The maximum Gasteiger partial charge on any atom is 0.326 e. The quantitative estimate of drug-likeness (QED) is 0.463. The Hall–Kier alpha value is -3.42. The number of aromatic nitrogens is 1. The van der Waals surface area contributed by atoms with Crippen LogP contribution >= 0.6 is 11.6 Å². The first-order valence-electron chi connectivity index (χ1n) is 11.0. The van der Waals surface area contributed by atoms with Crippen LogP contribution in [0.1, 0.15) is 34.8 Å². The summed E-state index contributed by atoms with van der Waals surface area (Å²) >= 11 is 6.39. The highest BCUT2D eigenvalue weighted by Crippen LogP contribution is 2.40. The smallest absolute Gasteiger partial charge is 0.326 e. The van der Waals surface area contributed by atoms with Gasteiger partial charge < -0.3 is 19.5 Å². The number of aliphatic carboxylic acids is 1. The van der Waals surface area contributed by atoms with E-state index in [9.17, 15) is 14.7 Å². The van der Waals surface area contributed by atoms with E-state index < -0.39 is 18.1 Å². The van der Waals surface area contributed by atoms with Crippen molar-refractivity contribution in [2.45, 2.75) is 24.9 Å². The number of carboxylic acids is 1. The van der Waals surface area contributed by atoms with Crippen molar-refractivity contribution in [3.63, 3.8) is 0 Å². The molecular formula is C26H25ClN2O5. The normalized spacial score (nSPS) is 17.5. The van der Waals surface area contributed by atoms with Crippen LogP contribution in [0.3, 0.4) is 0 Å². The third-order valence-corrected chi connectivity index (χ3v) is 6.25. The van der Waals surface area contributed by atoms with Crippen molar-refractivity contribution in [2.75, 3.05) is 20.3 Å². The van der Waals surface area contributed by atoms with Crippen LogP contribution in [0.2, 0.25) is 5.02 Å². The number of hydrogen-bond donors (Lipinski definition) is 1. The average Bonchev–Trinajstić information content (AvgIpc) is 3.30. The number of hydrogen-bond acceptors (Lipinski definition) is 5. The zero-order valence-electron chi connectivity index (χ0n) is 18.7. The number of ether oxygens (including phenoxy) is 2. The average molecular weight is 481 g/mol. The number of nitrogens with zero attached hydrogens (tertiary/aromatic N) is 2. The molecule has 1 amide bonds. The van der Waals surface area contributed by atoms with Gasteiger partial charge in [-0.3, -0.25) is 4.79 Å². The standard InChI is InChI=1S/C26H25ClN2O5/c1-33-15-16-34-24-19(6-4-14-28-24)17-8-10-18(11-9-17)25(30)29-22(12-13-23(29)26(31)32)20-5-2-3-7-21(20)27/h2-11,14,22-23H,12-13,15-16H2,1H3,(H,31,32)/t22-,23+/m1/s1. The summed E-state index contributed by atoms with van der Waals surface area (Å²) in [5.74, 6) is -0.889. The van der Waals surface area contributed by atoms with Crippen molar-refractivity contribution in [1.29, 1.82) is 0 Å². The van der Waals surface area contributed by atoms with Gasteiger partial charge in [0.25, 0.3) is 5.91 Å². The van der Waals surface area contributed by atoms with E-state index in [1.165, 1.54) is 4.90 Å². The lowest BCUT2D eigenvalue weighted by Gasteiger charge is -2.29. The summed E-state index contributed by atoms with van der Waals surface area (Å²) in [6.45, 7) is 0.808. The fraction of sp³-hybridized carbons (Fsp3) is 0.269. The van der Waals surface area contributed by atoms with Crippen molar-refractivity contribution in [3.05, 3.63) is 83.0 Å². The van der Waals surface area contributed by atoms with Gasteiger partial charge in [-0.15, -0.1) is 0 Å². The van der Waals surface area contributed by atoms with Crippen LogP contribution < -0.4 is 4.74 Å². The molecule has 1 fully saturated rings. The minimum atomic E-state index is -1.02. The number of pyridine rings is 1. The number of carboxylic acid groups (broad SMARTS) is 1. The van der Waals surface area contributed by atoms with Gasteiger partial charge in [-0.05, 0) is 54.3 Å². The first-order valence-corrected chi connectivity index (χ1v) is 11.4. The molecule has 0 unspecified atom stereocenters. The third-order valence-electron chi connectivity index (χ3n) is 5.91. The van der Waals surface area contributed by atoms with Gasteiger partial charge in [0.2, 0.25) is 5.88 Å². The first kappa shape index (κ1) is 23.7. The molecule has 2 atom stereocenters. The number of amides is 1. The monoisotopic (exact) mass is 480 g/mol. The number of benzene rings is 2. The highest BCUT2D eigenvalue weighted by atomic mass is 35.5. The zero-order chi connectivity index (χ0) is 24.1. The Kier molecular flexibility index (Phi) is 7.45. The van der Waals surface area contributed by atoms with E-state index >= 15 is 0 Å². The van der Waals surface area contributed by atoms with E-state index in [1.54, 1.807) is 31.5 Å². The second-order valence-corrected chi connectivity index (χ2v) is 8.36. The molecule has 7 nitrogen and oxygen atoms in total. The summed E-state index contributed by atoms with van der Waals surface area (Å²) in [4.78, 5) is 31.2. The van der Waals surface area contributed by atoms with E-state index in [-0.39, 0.29) is 5.91 Å². The van der Waals surface area contributed by atoms with Crippen molar-refractivity contribution in [1.82, 2.24) is 9.88 Å². The van der Waals surface area contributed by atoms with E-state index in [2.05, 4.69) is 4.98 Å². The van der Waals surface area contributed by atoms with Crippen LogP contribution in [0, 0.1) is 0 Å². The van der Waals surface area contributed by atoms with Crippen molar-refractivity contribution in [2.24, 2.45) is 0 Å². The number of rotatable bonds is 8. The van der Waals surface area contributed by atoms with Gasteiger partial charge in [0.15, 0.2) is 0 Å². The van der Waals surface area contributed by atoms with Crippen LogP contribution in [0.5, 0.6) is 5.88 Å². The van der Waals surface area contributed by atoms with E-state index in [4.69, 9.17) is 21.1 Å². The summed E-state index contributed by atoms with van der Waals surface area (Å²) in [5.41, 5.74) is 2.78. The molecule has 1 aliphatic heterocycles. The molecular weight excluding hydrogens is 456 g/mol. The molecule has 3 aromatic rings. The molecule has 2 heterocycles. The van der Waals surface area contributed by atoms with Gasteiger partial charge >= 0.3 is 5.97 Å². The molecule has 0 bridgehead atoms. The van der Waals surface area contributed by atoms with E-state index in [0.717, 1.165) is 16.7 Å². The Labute approximate surface area is 202 Å². The second kappa shape index (κ2) is 10.7. The lowest BCUT2D eigenvalue weighted by molar-refractivity contribution is -0.141. The zero-order valence-corrected chi connectivity index (χ0v) is 19.4. The van der Waals surface area contributed by atoms with Crippen LogP contribution in [-0.4, -0.2) is 53.2 Å². The van der Waals surface area contributed by atoms with Gasteiger partial charge in [0.05, 0.1) is 12.6 Å². The SMILES string of the molecule is COCCOc1ncccc1-c1ccc(C(=O)N2[C@@H](c3ccccc3Cl)CC[C@H]2C(=O)O)cc1. The van der Waals surface area contributed by atoms with Crippen LogP contribution in [0.25, 0.3) is 11.1 Å². The molecule has 1 aliphatic rings. The van der Waals surface area contributed by atoms with Gasteiger partial charge in [0.1, 0.15) is 12.6 Å². The maximum atomic E-state index is 13.5. The largest absolute Gasteiger partial charge is 0.480 e. The Morgan fingerprint density at radius 3 is 2.53 bits per heavy atom. The molecule has 34 heavy (non-hydrogen) atoms. The Morgan fingerprint density at radius 2 is 1.82 bits per heavy atom. The first-order chi connectivity index (χ1) is 16.5. The minimum absolute atomic E-state index is 0.343. The highest BCUT2D eigenvalue weighted by molar-refractivity contribution is 6.31. The summed E-state index contributed by atoms with van der Waals surface area (Å²) < 4.78 is 10.7. The summed E-state index contributed by atoms with van der Waals surface area (Å²) in [7, 11) is 1.60. The molecule has 0 spiro atoms. The summed E-state index contributed by atoms with van der Waals surface area (Å²) in [5, 5.41) is 10.3. The van der Waals surface area contributed by atoms with Gasteiger partial charge in [-0.25, -0.2) is 9.78 Å². The Bertz CT molecular complexity index is 1170. The molecule has 1 aromatic heterocycles.